The van der Waals surface area contributed by atoms with Crippen molar-refractivity contribution in [2.75, 3.05) is 5.32 Å². The number of hydrogen-bond acceptors (Lipinski definition) is 8. The normalized spacial score (nSPS) is 11.7. The number of benzene rings is 1. The first kappa shape index (κ1) is 17.9. The molecule has 132 valence electrons. The molecule has 0 radical (unpaired) electrons. The van der Waals surface area contributed by atoms with Crippen molar-refractivity contribution in [1.29, 1.82) is 0 Å². The molecule has 8 heteroatoms. The Hall–Kier alpha value is -1.93. The van der Waals surface area contributed by atoms with Crippen LogP contribution in [0.1, 0.15) is 43.6 Å². The molecule has 0 atom stereocenters. The Balaban J connectivity index is 1.60. The van der Waals surface area contributed by atoms with Crippen LogP contribution in [0.2, 0.25) is 0 Å². The molecule has 1 N–H and O–H groups in total. The zero-order valence-electron chi connectivity index (χ0n) is 15.0. The van der Waals surface area contributed by atoms with Crippen LogP contribution in [0, 0.1) is 13.8 Å². The molecule has 0 spiro atoms. The largest absolute Gasteiger partial charge is 0.338 e. The molecular weight excluding hydrogens is 354 g/mol. The monoisotopic (exact) mass is 375 g/mol. The second-order valence-corrected chi connectivity index (χ2v) is 9.05. The average molecular weight is 376 g/mol. The predicted molar refractivity (Wildman–Crippen MR) is 102 cm³/mol. The van der Waals surface area contributed by atoms with Crippen molar-refractivity contribution < 1.29 is 4.52 Å². The van der Waals surface area contributed by atoms with Gasteiger partial charge in [-0.1, -0.05) is 55.1 Å². The lowest BCUT2D eigenvalue weighted by Gasteiger charge is -2.10. The van der Waals surface area contributed by atoms with Gasteiger partial charge in [-0.25, -0.2) is 0 Å². The Morgan fingerprint density at radius 3 is 2.64 bits per heavy atom. The van der Waals surface area contributed by atoms with E-state index in [4.69, 9.17) is 4.52 Å². The van der Waals surface area contributed by atoms with E-state index in [-0.39, 0.29) is 5.41 Å². The molecule has 3 aromatic rings. The minimum atomic E-state index is -0.113. The van der Waals surface area contributed by atoms with Gasteiger partial charge in [-0.05, 0) is 37.1 Å². The highest BCUT2D eigenvalue weighted by molar-refractivity contribution is 8.00. The first-order chi connectivity index (χ1) is 11.8. The molecule has 0 aliphatic rings. The Kier molecular flexibility index (Phi) is 5.10. The van der Waals surface area contributed by atoms with E-state index in [0.717, 1.165) is 21.0 Å². The van der Waals surface area contributed by atoms with Crippen LogP contribution in [0.25, 0.3) is 0 Å². The summed E-state index contributed by atoms with van der Waals surface area (Å²) in [4.78, 5) is 4.43. The van der Waals surface area contributed by atoms with E-state index in [1.165, 1.54) is 22.5 Å². The molecule has 0 aliphatic heterocycles. The molecule has 2 heterocycles. The molecule has 0 aliphatic carbocycles. The summed E-state index contributed by atoms with van der Waals surface area (Å²) < 4.78 is 6.16. The summed E-state index contributed by atoms with van der Waals surface area (Å²) in [6.07, 6.45) is 0. The Morgan fingerprint density at radius 1 is 1.16 bits per heavy atom. The van der Waals surface area contributed by atoms with Crippen molar-refractivity contribution in [3.63, 3.8) is 0 Å². The molecule has 0 bridgehead atoms. The molecule has 0 unspecified atom stereocenters. The van der Waals surface area contributed by atoms with Gasteiger partial charge in [0.05, 0.1) is 5.75 Å². The van der Waals surface area contributed by atoms with Gasteiger partial charge in [-0.2, -0.15) is 4.98 Å². The van der Waals surface area contributed by atoms with Crippen molar-refractivity contribution in [3.05, 3.63) is 41.0 Å². The molecule has 25 heavy (non-hydrogen) atoms. The van der Waals surface area contributed by atoms with Gasteiger partial charge in [0.15, 0.2) is 10.2 Å². The van der Waals surface area contributed by atoms with Crippen LogP contribution < -0.4 is 5.32 Å². The van der Waals surface area contributed by atoms with Crippen LogP contribution in [-0.4, -0.2) is 20.3 Å². The molecule has 0 saturated carbocycles. The van der Waals surface area contributed by atoms with Crippen molar-refractivity contribution in [1.82, 2.24) is 20.3 Å². The second kappa shape index (κ2) is 7.13. The lowest BCUT2D eigenvalue weighted by molar-refractivity contribution is 0.373. The maximum atomic E-state index is 5.30. The van der Waals surface area contributed by atoms with Gasteiger partial charge >= 0.3 is 0 Å². The van der Waals surface area contributed by atoms with Crippen LogP contribution in [-0.2, 0) is 11.2 Å². The zero-order valence-corrected chi connectivity index (χ0v) is 16.6. The lowest BCUT2D eigenvalue weighted by Crippen LogP contribution is -2.13. The van der Waals surface area contributed by atoms with Crippen LogP contribution in [0.4, 0.5) is 10.8 Å². The van der Waals surface area contributed by atoms with E-state index in [0.29, 0.717) is 11.6 Å². The van der Waals surface area contributed by atoms with Crippen molar-refractivity contribution in [2.24, 2.45) is 0 Å². The first-order valence-corrected chi connectivity index (χ1v) is 9.75. The quantitative estimate of drug-likeness (QED) is 0.637. The smallest absolute Gasteiger partial charge is 0.237 e. The topological polar surface area (TPSA) is 76.7 Å². The Labute approximate surface area is 155 Å². The number of aryl methyl sites for hydroxylation is 2. The van der Waals surface area contributed by atoms with Gasteiger partial charge in [0.2, 0.25) is 11.0 Å². The third-order valence-corrected chi connectivity index (χ3v) is 5.58. The lowest BCUT2D eigenvalue weighted by atomic mass is 9.96. The Bertz CT molecular complexity index is 866. The van der Waals surface area contributed by atoms with E-state index >= 15 is 0 Å². The van der Waals surface area contributed by atoms with Gasteiger partial charge in [0.25, 0.3) is 0 Å². The zero-order chi connectivity index (χ0) is 18.0. The maximum Gasteiger partial charge on any atom is 0.237 e. The SMILES string of the molecule is Cc1ccc(Nc2nnc(SCc3nc(C(C)(C)C)no3)s2)cc1C. The summed E-state index contributed by atoms with van der Waals surface area (Å²) in [5, 5.41) is 16.5. The standard InChI is InChI=1S/C17H21N5OS2/c1-10-6-7-12(8-11(10)2)18-15-20-21-16(25-15)24-9-13-19-14(22-23-13)17(3,4)5/h6-8H,9H2,1-5H3,(H,18,20). The highest BCUT2D eigenvalue weighted by Crippen LogP contribution is 2.30. The molecule has 0 amide bonds. The fourth-order valence-electron chi connectivity index (χ4n) is 2.00. The van der Waals surface area contributed by atoms with Gasteiger partial charge in [0.1, 0.15) is 0 Å². The second-order valence-electron chi connectivity index (χ2n) is 6.85. The van der Waals surface area contributed by atoms with Crippen LogP contribution in [0.3, 0.4) is 0 Å². The van der Waals surface area contributed by atoms with E-state index in [9.17, 15) is 0 Å². The number of aromatic nitrogens is 4. The molecular formula is C17H21N5OS2. The van der Waals surface area contributed by atoms with Gasteiger partial charge < -0.3 is 9.84 Å². The highest BCUT2D eigenvalue weighted by atomic mass is 32.2. The number of rotatable bonds is 5. The van der Waals surface area contributed by atoms with Gasteiger partial charge in [0, 0.05) is 11.1 Å². The molecule has 0 fully saturated rings. The fraction of sp³-hybridized carbons (Fsp3) is 0.412. The van der Waals surface area contributed by atoms with Gasteiger partial charge in [-0.15, -0.1) is 10.2 Å². The number of nitrogens with one attached hydrogen (secondary N) is 1. The third-order valence-electron chi connectivity index (χ3n) is 3.62. The Morgan fingerprint density at radius 2 is 1.96 bits per heavy atom. The highest BCUT2D eigenvalue weighted by Gasteiger charge is 2.21. The summed E-state index contributed by atoms with van der Waals surface area (Å²) in [6, 6.07) is 6.25. The van der Waals surface area contributed by atoms with Crippen LogP contribution in [0.5, 0.6) is 0 Å². The summed E-state index contributed by atoms with van der Waals surface area (Å²) in [7, 11) is 0. The predicted octanol–water partition coefficient (Wildman–Crippen LogP) is 4.87. The molecule has 2 aromatic heterocycles. The first-order valence-electron chi connectivity index (χ1n) is 7.95. The molecule has 3 rings (SSSR count). The van der Waals surface area contributed by atoms with E-state index in [1.54, 1.807) is 11.8 Å². The summed E-state index contributed by atoms with van der Waals surface area (Å²) in [6.45, 7) is 10.4. The number of nitrogens with zero attached hydrogens (tertiary/aromatic N) is 4. The number of hydrogen-bond donors (Lipinski definition) is 1. The summed E-state index contributed by atoms with van der Waals surface area (Å²) in [5.74, 6) is 1.91. The minimum absolute atomic E-state index is 0.113. The molecule has 1 aromatic carbocycles. The van der Waals surface area contributed by atoms with Gasteiger partial charge in [-0.3, -0.25) is 0 Å². The van der Waals surface area contributed by atoms with Crippen molar-refractivity contribution >= 4 is 33.9 Å². The summed E-state index contributed by atoms with van der Waals surface area (Å²) in [5.41, 5.74) is 3.42. The third kappa shape index (κ3) is 4.58. The maximum absolute atomic E-state index is 5.30. The number of thioether (sulfide) groups is 1. The molecule has 0 saturated heterocycles. The summed E-state index contributed by atoms with van der Waals surface area (Å²) >= 11 is 3.05. The minimum Gasteiger partial charge on any atom is -0.338 e. The van der Waals surface area contributed by atoms with E-state index in [1.807, 2.05) is 6.07 Å². The van der Waals surface area contributed by atoms with Crippen molar-refractivity contribution in [3.8, 4) is 0 Å². The molecule has 6 nitrogen and oxygen atoms in total. The van der Waals surface area contributed by atoms with Crippen LogP contribution >= 0.6 is 23.1 Å². The van der Waals surface area contributed by atoms with Crippen molar-refractivity contribution in [2.45, 2.75) is 50.1 Å². The fourth-order valence-corrected chi connectivity index (χ4v) is 3.61. The van der Waals surface area contributed by atoms with E-state index < -0.39 is 0 Å². The van der Waals surface area contributed by atoms with E-state index in [2.05, 4.69) is 72.4 Å². The van der Waals surface area contributed by atoms with Crippen LogP contribution in [0.15, 0.2) is 27.1 Å². The number of anilines is 2. The average Bonchev–Trinajstić information content (AvgIpc) is 3.18.